The van der Waals surface area contributed by atoms with E-state index in [0.717, 1.165) is 6.54 Å². The highest BCUT2D eigenvalue weighted by Gasteiger charge is 2.32. The van der Waals surface area contributed by atoms with Gasteiger partial charge >= 0.3 is 0 Å². The second kappa shape index (κ2) is 5.70. The molecule has 2 aromatic carbocycles. The zero-order chi connectivity index (χ0) is 14.5. The molecule has 1 unspecified atom stereocenters. The van der Waals surface area contributed by atoms with Gasteiger partial charge in [0.2, 0.25) is 0 Å². The molecule has 0 fully saturated rings. The molecular weight excluding hydrogens is 304 g/mol. The molecule has 0 amide bonds. The number of aryl methyl sites for hydroxylation is 1. The molecule has 3 heteroatoms. The van der Waals surface area contributed by atoms with E-state index in [1.165, 1.54) is 47.8 Å². The van der Waals surface area contributed by atoms with Crippen molar-refractivity contribution in [2.75, 3.05) is 6.54 Å². The third kappa shape index (κ3) is 2.20. The Hall–Kier alpha value is -1.77. The fourth-order valence-corrected chi connectivity index (χ4v) is 4.45. The van der Waals surface area contributed by atoms with E-state index >= 15 is 0 Å². The summed E-state index contributed by atoms with van der Waals surface area (Å²) in [4.78, 5) is 0. The topological polar surface area (TPSA) is 21.5 Å². The molecule has 1 atom stereocenters. The van der Waals surface area contributed by atoms with E-state index in [-0.39, 0.29) is 12.4 Å². The normalized spacial score (nSPS) is 19.2. The van der Waals surface area contributed by atoms with Crippen molar-refractivity contribution in [3.05, 3.63) is 59.8 Å². The van der Waals surface area contributed by atoms with Crippen molar-refractivity contribution < 1.29 is 17.7 Å². The Morgan fingerprint density at radius 2 is 1.87 bits per heavy atom. The van der Waals surface area contributed by atoms with E-state index in [1.54, 1.807) is 11.3 Å². The minimum Gasteiger partial charge on any atom is -1.00 e. The molecule has 2 heterocycles. The van der Waals surface area contributed by atoms with Gasteiger partial charge in [0.1, 0.15) is 6.04 Å². The smallest absolute Gasteiger partial charge is 0.127 e. The van der Waals surface area contributed by atoms with Crippen LogP contribution in [0.25, 0.3) is 22.0 Å². The predicted octanol–water partition coefficient (Wildman–Crippen LogP) is 0.267. The molecule has 1 aliphatic heterocycles. The van der Waals surface area contributed by atoms with Crippen LogP contribution in [0.5, 0.6) is 0 Å². The number of nitrogens with zero attached hydrogens (tertiary/aromatic N) is 1. The molecule has 2 aliphatic rings. The van der Waals surface area contributed by atoms with Crippen molar-refractivity contribution >= 4 is 10.9 Å². The van der Waals surface area contributed by atoms with Gasteiger partial charge in [0.25, 0.3) is 0 Å². The Morgan fingerprint density at radius 3 is 2.74 bits per heavy atom. The fourth-order valence-electron chi connectivity index (χ4n) is 4.45. The second-order valence-electron chi connectivity index (χ2n) is 6.64. The number of hydrogen-bond donors (Lipinski definition) is 1. The van der Waals surface area contributed by atoms with Gasteiger partial charge in [0.15, 0.2) is 0 Å². The van der Waals surface area contributed by atoms with Gasteiger partial charge in [-0.25, -0.2) is 0 Å². The Morgan fingerprint density at radius 1 is 1.00 bits per heavy atom. The average molecular weight is 325 g/mol. The maximum absolute atomic E-state index is 2.60. The first-order valence-electron chi connectivity index (χ1n) is 8.45. The lowest BCUT2D eigenvalue weighted by atomic mass is 9.90. The van der Waals surface area contributed by atoms with E-state index in [1.807, 2.05) is 0 Å². The maximum Gasteiger partial charge on any atom is 0.127 e. The Kier molecular flexibility index (Phi) is 3.67. The van der Waals surface area contributed by atoms with Crippen LogP contribution < -0.4 is 17.7 Å². The lowest BCUT2D eigenvalue weighted by molar-refractivity contribution is -0.704. The summed E-state index contributed by atoms with van der Waals surface area (Å²) in [5.74, 6) is 0. The highest BCUT2D eigenvalue weighted by molar-refractivity contribution is 5.90. The number of hydrogen-bond acceptors (Lipinski definition) is 0. The van der Waals surface area contributed by atoms with Gasteiger partial charge in [0.05, 0.1) is 18.8 Å². The Labute approximate surface area is 142 Å². The molecule has 1 aliphatic carbocycles. The monoisotopic (exact) mass is 324 g/mol. The van der Waals surface area contributed by atoms with Crippen LogP contribution in [0.3, 0.4) is 0 Å². The molecule has 0 radical (unpaired) electrons. The molecule has 0 spiro atoms. The molecule has 23 heavy (non-hydrogen) atoms. The minimum atomic E-state index is 0. The van der Waals surface area contributed by atoms with E-state index in [9.17, 15) is 0 Å². The maximum atomic E-state index is 2.60. The second-order valence-corrected chi connectivity index (χ2v) is 6.64. The number of halogens is 1. The standard InChI is InChI=1S/C20H20N2.ClH/c1-2-5-14(6-3-1)15-9-10-19-17(13-15)16-7-4-8-18-20(16)22(19)12-11-21-18;/h1-3,5-6,9-10,13,18,21H,4,7-8,11-12H2;1H. The minimum absolute atomic E-state index is 0. The first-order chi connectivity index (χ1) is 10.9. The van der Waals surface area contributed by atoms with E-state index in [2.05, 4.69) is 58.4 Å². The van der Waals surface area contributed by atoms with Crippen LogP contribution in [0.2, 0.25) is 0 Å². The van der Waals surface area contributed by atoms with Gasteiger partial charge in [-0.3, -0.25) is 0 Å². The largest absolute Gasteiger partial charge is 1.00 e. The molecule has 2 nitrogen and oxygen atoms in total. The highest BCUT2D eigenvalue weighted by atomic mass is 35.5. The highest BCUT2D eigenvalue weighted by Crippen LogP contribution is 2.38. The first kappa shape index (κ1) is 14.8. The number of aromatic nitrogens is 1. The number of nitrogens with two attached hydrogens (primary N) is 1. The Balaban J connectivity index is 0.00000135. The van der Waals surface area contributed by atoms with Crippen LogP contribution in [0.15, 0.2) is 48.5 Å². The van der Waals surface area contributed by atoms with Gasteiger partial charge < -0.3 is 22.3 Å². The first-order valence-corrected chi connectivity index (χ1v) is 8.45. The molecule has 0 bridgehead atoms. The van der Waals surface area contributed by atoms with Crippen molar-refractivity contribution in [1.29, 1.82) is 0 Å². The van der Waals surface area contributed by atoms with Crippen LogP contribution in [0, 0.1) is 0 Å². The van der Waals surface area contributed by atoms with Crippen molar-refractivity contribution in [3.8, 4) is 11.1 Å². The molecular formula is C20H21ClN2. The van der Waals surface area contributed by atoms with Gasteiger partial charge in [-0.1, -0.05) is 36.4 Å². The molecule has 0 saturated carbocycles. The van der Waals surface area contributed by atoms with Crippen LogP contribution in [0.4, 0.5) is 0 Å². The lowest BCUT2D eigenvalue weighted by Crippen LogP contribution is -3.00. The van der Waals surface area contributed by atoms with Crippen LogP contribution >= 0.6 is 0 Å². The average Bonchev–Trinajstić information content (AvgIpc) is 2.92. The third-order valence-corrected chi connectivity index (χ3v) is 5.42. The van der Waals surface area contributed by atoms with Crippen molar-refractivity contribution in [2.24, 2.45) is 0 Å². The lowest BCUT2D eigenvalue weighted by Gasteiger charge is -2.27. The molecule has 2 N–H and O–H groups in total. The molecule has 3 aromatic rings. The Bertz CT molecular complexity index is 849. The fraction of sp³-hybridized carbons (Fsp3) is 0.300. The van der Waals surface area contributed by atoms with E-state index < -0.39 is 0 Å². The summed E-state index contributed by atoms with van der Waals surface area (Å²) in [5, 5.41) is 4.05. The zero-order valence-corrected chi connectivity index (χ0v) is 13.9. The van der Waals surface area contributed by atoms with E-state index in [4.69, 9.17) is 0 Å². The summed E-state index contributed by atoms with van der Waals surface area (Å²) in [7, 11) is 0. The number of benzene rings is 2. The molecule has 0 saturated heterocycles. The van der Waals surface area contributed by atoms with Gasteiger partial charge in [-0.05, 0) is 41.7 Å². The van der Waals surface area contributed by atoms with Crippen molar-refractivity contribution in [1.82, 2.24) is 4.57 Å². The SMILES string of the molecule is [Cl-].c1ccc(-c2ccc3c(c2)c2c4n3CC[NH2+]C4CCC2)cc1. The quantitative estimate of drug-likeness (QED) is 0.663. The van der Waals surface area contributed by atoms with Gasteiger partial charge in [-0.2, -0.15) is 0 Å². The van der Waals surface area contributed by atoms with E-state index in [0.29, 0.717) is 6.04 Å². The van der Waals surface area contributed by atoms with Crippen molar-refractivity contribution in [3.63, 3.8) is 0 Å². The summed E-state index contributed by atoms with van der Waals surface area (Å²) in [6, 6.07) is 18.5. The molecule has 118 valence electrons. The molecule has 5 rings (SSSR count). The summed E-state index contributed by atoms with van der Waals surface area (Å²) in [5.41, 5.74) is 7.36. The molecule has 1 aromatic heterocycles. The predicted molar refractivity (Wildman–Crippen MR) is 89.8 cm³/mol. The van der Waals surface area contributed by atoms with Crippen LogP contribution in [-0.4, -0.2) is 11.1 Å². The summed E-state index contributed by atoms with van der Waals surface area (Å²) in [6.45, 7) is 2.38. The summed E-state index contributed by atoms with van der Waals surface area (Å²) < 4.78 is 2.60. The summed E-state index contributed by atoms with van der Waals surface area (Å²) in [6.07, 6.45) is 3.93. The van der Waals surface area contributed by atoms with Gasteiger partial charge in [0, 0.05) is 17.3 Å². The summed E-state index contributed by atoms with van der Waals surface area (Å²) >= 11 is 0. The number of rotatable bonds is 1. The van der Waals surface area contributed by atoms with Gasteiger partial charge in [-0.15, -0.1) is 0 Å². The van der Waals surface area contributed by atoms with Crippen LogP contribution in [-0.2, 0) is 13.0 Å². The zero-order valence-electron chi connectivity index (χ0n) is 13.1. The number of quaternary nitrogens is 1. The number of fused-ring (bicyclic) bond motifs is 3. The van der Waals surface area contributed by atoms with Crippen LogP contribution in [0.1, 0.15) is 30.1 Å². The third-order valence-electron chi connectivity index (χ3n) is 5.42. The van der Waals surface area contributed by atoms with Crippen molar-refractivity contribution in [2.45, 2.75) is 31.8 Å².